The van der Waals surface area contributed by atoms with Gasteiger partial charge in [-0.05, 0) is 0 Å². The molecule has 1 aromatic carbocycles. The summed E-state index contributed by atoms with van der Waals surface area (Å²) < 4.78 is 23.8. The second-order valence-electron chi connectivity index (χ2n) is 1.34. The van der Waals surface area contributed by atoms with Gasteiger partial charge in [0.05, 0.1) is 0 Å². The minimum Gasteiger partial charge on any atom is -1.00 e. The molecule has 0 aliphatic carbocycles. The second kappa shape index (κ2) is 5.89. The van der Waals surface area contributed by atoms with Crippen molar-refractivity contribution in [3.8, 4) is 0 Å². The van der Waals surface area contributed by atoms with Crippen molar-refractivity contribution in [2.24, 2.45) is 0 Å². The number of hydrogen-bond donors (Lipinski definition) is 0. The average Bonchev–Trinajstić information content (AvgIpc) is 1.77. The van der Waals surface area contributed by atoms with Crippen molar-refractivity contribution in [3.63, 3.8) is 0 Å². The Kier molecular flexibility index (Phi) is 7.52. The molecule has 10 heavy (non-hydrogen) atoms. The van der Waals surface area contributed by atoms with Crippen molar-refractivity contribution >= 4 is 23.1 Å². The Morgan fingerprint density at radius 3 is 2.10 bits per heavy atom. The van der Waals surface area contributed by atoms with Gasteiger partial charge >= 0.3 is 23.1 Å². The van der Waals surface area contributed by atoms with E-state index in [0.29, 0.717) is 0 Å². The number of halogens is 3. The first-order valence-corrected chi connectivity index (χ1v) is 2.12. The van der Waals surface area contributed by atoms with E-state index in [0.717, 1.165) is 12.1 Å². The first kappa shape index (κ1) is 12.8. The van der Waals surface area contributed by atoms with Crippen molar-refractivity contribution in [2.45, 2.75) is 0 Å². The number of benzene rings is 1. The van der Waals surface area contributed by atoms with Crippen LogP contribution < -0.4 is 12.4 Å². The molecule has 0 saturated heterocycles. The third kappa shape index (κ3) is 3.34. The smallest absolute Gasteiger partial charge is 1.00 e. The molecule has 0 unspecified atom stereocenters. The van der Waals surface area contributed by atoms with E-state index < -0.39 is 11.6 Å². The third-order valence-corrected chi connectivity index (χ3v) is 0.764. The molecule has 0 amide bonds. The maximum absolute atomic E-state index is 11.9. The van der Waals surface area contributed by atoms with Gasteiger partial charge in [0.2, 0.25) is 0 Å². The van der Waals surface area contributed by atoms with Gasteiger partial charge in [-0.25, -0.2) is 4.39 Å². The Labute approximate surface area is 80.2 Å². The standard InChI is InChI=1S/C6H3F2.ClH.Mg/c7-5-3-1-2-4-6(5)8;;/h1,3-4H;1H;/q-1;;+2/p-1. The monoisotopic (exact) mass is 172 g/mol. The summed E-state index contributed by atoms with van der Waals surface area (Å²) in [7, 11) is 0. The Bertz CT molecular complexity index is 172. The van der Waals surface area contributed by atoms with E-state index >= 15 is 0 Å². The van der Waals surface area contributed by atoms with Gasteiger partial charge in [-0.3, -0.25) is 4.39 Å². The fourth-order valence-corrected chi connectivity index (χ4v) is 0.391. The van der Waals surface area contributed by atoms with Crippen LogP contribution in [0.5, 0.6) is 0 Å². The van der Waals surface area contributed by atoms with Crippen molar-refractivity contribution in [1.82, 2.24) is 0 Å². The Morgan fingerprint density at radius 2 is 1.80 bits per heavy atom. The van der Waals surface area contributed by atoms with Crippen LogP contribution in [0.1, 0.15) is 0 Å². The van der Waals surface area contributed by atoms with Crippen LogP contribution in [0.4, 0.5) is 8.78 Å². The summed E-state index contributed by atoms with van der Waals surface area (Å²) in [6.07, 6.45) is 0. The normalized spacial score (nSPS) is 7.40. The summed E-state index contributed by atoms with van der Waals surface area (Å²) in [6.45, 7) is 0. The molecule has 50 valence electrons. The van der Waals surface area contributed by atoms with Crippen molar-refractivity contribution in [3.05, 3.63) is 35.9 Å². The molecular weight excluding hydrogens is 170 g/mol. The van der Waals surface area contributed by atoms with Crippen LogP contribution in [0.2, 0.25) is 0 Å². The van der Waals surface area contributed by atoms with Gasteiger partial charge < -0.3 is 12.4 Å². The van der Waals surface area contributed by atoms with E-state index in [2.05, 4.69) is 6.07 Å². The Morgan fingerprint density at radius 1 is 1.20 bits per heavy atom. The first-order chi connectivity index (χ1) is 3.80. The topological polar surface area (TPSA) is 0 Å². The molecule has 0 aromatic heterocycles. The fourth-order valence-electron chi connectivity index (χ4n) is 0.391. The van der Waals surface area contributed by atoms with Crippen LogP contribution in [-0.2, 0) is 0 Å². The molecule has 1 aromatic rings. The minimum absolute atomic E-state index is 0. The number of hydrogen-bond acceptors (Lipinski definition) is 0. The van der Waals surface area contributed by atoms with Crippen LogP contribution in [0.25, 0.3) is 0 Å². The molecule has 0 N–H and O–H groups in total. The molecule has 1 rings (SSSR count). The minimum atomic E-state index is -0.854. The third-order valence-electron chi connectivity index (χ3n) is 0.764. The number of rotatable bonds is 0. The summed E-state index contributed by atoms with van der Waals surface area (Å²) in [5.41, 5.74) is 0. The van der Waals surface area contributed by atoms with Crippen LogP contribution in [-0.4, -0.2) is 23.1 Å². The maximum atomic E-state index is 11.9. The van der Waals surface area contributed by atoms with Gasteiger partial charge in [0.1, 0.15) is 0 Å². The Balaban J connectivity index is 0. The molecule has 0 spiro atoms. The summed E-state index contributed by atoms with van der Waals surface area (Å²) >= 11 is 0. The van der Waals surface area contributed by atoms with Crippen molar-refractivity contribution in [1.29, 1.82) is 0 Å². The molecule has 0 aliphatic rings. The predicted octanol–water partition coefficient (Wildman–Crippen LogP) is -1.61. The molecular formula is C6H3ClF2Mg. The van der Waals surface area contributed by atoms with Crippen LogP contribution in [0.15, 0.2) is 18.2 Å². The molecule has 0 nitrogen and oxygen atoms in total. The SMILES string of the molecule is Fc1c[c-]ccc1F.[Cl-].[Mg+2]. The van der Waals surface area contributed by atoms with Gasteiger partial charge in [-0.1, -0.05) is 0 Å². The molecule has 0 radical (unpaired) electrons. The zero-order valence-electron chi connectivity index (χ0n) is 5.07. The molecule has 0 atom stereocenters. The molecule has 0 heterocycles. The van der Waals surface area contributed by atoms with Gasteiger partial charge in [0.15, 0.2) is 0 Å². The van der Waals surface area contributed by atoms with E-state index in [4.69, 9.17) is 0 Å². The summed E-state index contributed by atoms with van der Waals surface area (Å²) in [5.74, 6) is -1.68. The molecule has 4 heteroatoms. The fraction of sp³-hybridized carbons (Fsp3) is 0. The maximum Gasteiger partial charge on any atom is 2.00 e. The molecule has 0 aliphatic heterocycles. The van der Waals surface area contributed by atoms with Gasteiger partial charge in [-0.15, -0.1) is 12.1 Å². The quantitative estimate of drug-likeness (QED) is 0.327. The van der Waals surface area contributed by atoms with Crippen molar-refractivity contribution < 1.29 is 21.2 Å². The summed E-state index contributed by atoms with van der Waals surface area (Å²) in [5, 5.41) is 0. The zero-order valence-corrected chi connectivity index (χ0v) is 7.24. The van der Waals surface area contributed by atoms with E-state index in [1.807, 2.05) is 0 Å². The summed E-state index contributed by atoms with van der Waals surface area (Å²) in [6, 6.07) is 5.68. The first-order valence-electron chi connectivity index (χ1n) is 2.12. The summed E-state index contributed by atoms with van der Waals surface area (Å²) in [4.78, 5) is 0. The van der Waals surface area contributed by atoms with Crippen molar-refractivity contribution in [2.75, 3.05) is 0 Å². The van der Waals surface area contributed by atoms with E-state index in [9.17, 15) is 8.78 Å². The van der Waals surface area contributed by atoms with Gasteiger partial charge in [0, 0.05) is 11.6 Å². The van der Waals surface area contributed by atoms with Crippen LogP contribution >= 0.6 is 0 Å². The average molecular weight is 173 g/mol. The van der Waals surface area contributed by atoms with E-state index in [1.165, 1.54) is 6.07 Å². The second-order valence-corrected chi connectivity index (χ2v) is 1.34. The zero-order chi connectivity index (χ0) is 5.98. The van der Waals surface area contributed by atoms with E-state index in [1.54, 1.807) is 0 Å². The van der Waals surface area contributed by atoms with Gasteiger partial charge in [-0.2, -0.15) is 12.1 Å². The van der Waals surface area contributed by atoms with Crippen LogP contribution in [0, 0.1) is 17.7 Å². The van der Waals surface area contributed by atoms with Crippen LogP contribution in [0.3, 0.4) is 0 Å². The molecule has 0 bridgehead atoms. The van der Waals surface area contributed by atoms with E-state index in [-0.39, 0.29) is 35.5 Å². The molecule has 0 saturated carbocycles. The molecule has 0 fully saturated rings. The largest absolute Gasteiger partial charge is 2.00 e. The predicted molar refractivity (Wildman–Crippen MR) is 30.9 cm³/mol. The Hall–Kier alpha value is 0.136. The van der Waals surface area contributed by atoms with Gasteiger partial charge in [0.25, 0.3) is 0 Å².